The lowest BCUT2D eigenvalue weighted by Gasteiger charge is -2.21. The maximum absolute atomic E-state index is 11.8. The molecule has 0 aliphatic heterocycles. The SMILES string of the molecule is CC(C)C1(CNC(=O)CC2(CS)CC2)CC1. The number of hydrogen-bond donors (Lipinski definition) is 2. The number of thiol groups is 1. The van der Waals surface area contributed by atoms with Crippen LogP contribution in [-0.2, 0) is 4.79 Å². The van der Waals surface area contributed by atoms with Crippen molar-refractivity contribution in [3.05, 3.63) is 0 Å². The number of nitrogens with one attached hydrogen (secondary N) is 1. The Labute approximate surface area is 104 Å². The van der Waals surface area contributed by atoms with E-state index in [2.05, 4.69) is 31.8 Å². The molecule has 1 amide bonds. The van der Waals surface area contributed by atoms with Crippen LogP contribution in [0, 0.1) is 16.7 Å². The third kappa shape index (κ3) is 2.55. The zero-order valence-corrected chi connectivity index (χ0v) is 11.3. The smallest absolute Gasteiger partial charge is 0.220 e. The molecule has 0 unspecified atom stereocenters. The summed E-state index contributed by atoms with van der Waals surface area (Å²) in [5.41, 5.74) is 0.676. The van der Waals surface area contributed by atoms with Crippen molar-refractivity contribution in [2.75, 3.05) is 12.3 Å². The zero-order chi connectivity index (χ0) is 11.8. The highest BCUT2D eigenvalue weighted by molar-refractivity contribution is 7.80. The normalized spacial score (nSPS) is 24.2. The minimum Gasteiger partial charge on any atom is -0.356 e. The van der Waals surface area contributed by atoms with Crippen molar-refractivity contribution in [1.29, 1.82) is 0 Å². The predicted octanol–water partition coefficient (Wildman–Crippen LogP) is 2.64. The summed E-state index contributed by atoms with van der Waals surface area (Å²) in [5.74, 6) is 1.78. The molecule has 2 rings (SSSR count). The average Bonchev–Trinajstić information content (AvgIpc) is 3.11. The van der Waals surface area contributed by atoms with Gasteiger partial charge < -0.3 is 5.32 Å². The third-order valence-corrected chi connectivity index (χ3v) is 5.25. The summed E-state index contributed by atoms with van der Waals surface area (Å²) in [6.45, 7) is 5.40. The molecule has 0 saturated heterocycles. The lowest BCUT2D eigenvalue weighted by molar-refractivity contribution is -0.122. The Balaban J connectivity index is 1.72. The van der Waals surface area contributed by atoms with E-state index in [-0.39, 0.29) is 11.3 Å². The van der Waals surface area contributed by atoms with Gasteiger partial charge in [0.2, 0.25) is 5.91 Å². The lowest BCUT2D eigenvalue weighted by atomic mass is 9.92. The zero-order valence-electron chi connectivity index (χ0n) is 10.4. The minimum absolute atomic E-state index is 0.235. The Morgan fingerprint density at radius 3 is 2.31 bits per heavy atom. The first-order chi connectivity index (χ1) is 7.52. The average molecular weight is 241 g/mol. The van der Waals surface area contributed by atoms with Gasteiger partial charge in [-0.1, -0.05) is 13.8 Å². The highest BCUT2D eigenvalue weighted by atomic mass is 32.1. The van der Waals surface area contributed by atoms with E-state index in [1.54, 1.807) is 0 Å². The highest BCUT2D eigenvalue weighted by Gasteiger charge is 2.46. The van der Waals surface area contributed by atoms with Gasteiger partial charge in [0.1, 0.15) is 0 Å². The Bertz CT molecular complexity index is 280. The van der Waals surface area contributed by atoms with E-state index in [1.807, 2.05) is 0 Å². The molecule has 16 heavy (non-hydrogen) atoms. The van der Waals surface area contributed by atoms with Crippen molar-refractivity contribution in [3.8, 4) is 0 Å². The van der Waals surface area contributed by atoms with Gasteiger partial charge in [-0.05, 0) is 48.2 Å². The number of carbonyl (C=O) groups is 1. The fraction of sp³-hybridized carbons (Fsp3) is 0.923. The summed E-state index contributed by atoms with van der Waals surface area (Å²) < 4.78 is 0. The van der Waals surface area contributed by atoms with E-state index in [4.69, 9.17) is 0 Å². The van der Waals surface area contributed by atoms with Crippen molar-refractivity contribution in [3.63, 3.8) is 0 Å². The number of hydrogen-bond acceptors (Lipinski definition) is 2. The van der Waals surface area contributed by atoms with Crippen LogP contribution in [0.3, 0.4) is 0 Å². The molecule has 0 spiro atoms. The number of carbonyl (C=O) groups excluding carboxylic acids is 1. The molecule has 0 aromatic heterocycles. The van der Waals surface area contributed by atoms with Crippen LogP contribution >= 0.6 is 12.6 Å². The Kier molecular flexibility index (Phi) is 3.26. The van der Waals surface area contributed by atoms with Crippen LogP contribution in [0.4, 0.5) is 0 Å². The van der Waals surface area contributed by atoms with E-state index >= 15 is 0 Å². The Morgan fingerprint density at radius 1 is 1.31 bits per heavy atom. The topological polar surface area (TPSA) is 29.1 Å². The molecule has 2 nitrogen and oxygen atoms in total. The molecule has 2 aliphatic rings. The largest absolute Gasteiger partial charge is 0.356 e. The summed E-state index contributed by atoms with van der Waals surface area (Å²) in [7, 11) is 0. The van der Waals surface area contributed by atoms with Gasteiger partial charge in [0.05, 0.1) is 0 Å². The monoisotopic (exact) mass is 241 g/mol. The first-order valence-electron chi connectivity index (χ1n) is 6.40. The quantitative estimate of drug-likeness (QED) is 0.688. The first kappa shape index (κ1) is 12.3. The van der Waals surface area contributed by atoms with Crippen molar-refractivity contribution in [2.24, 2.45) is 16.7 Å². The second kappa shape index (κ2) is 4.25. The molecular formula is C13H23NOS. The number of rotatable bonds is 6. The lowest BCUT2D eigenvalue weighted by Crippen LogP contribution is -2.34. The van der Waals surface area contributed by atoms with Gasteiger partial charge in [-0.3, -0.25) is 4.79 Å². The summed E-state index contributed by atoms with van der Waals surface area (Å²) in [6, 6.07) is 0. The second-order valence-electron chi connectivity index (χ2n) is 6.13. The van der Waals surface area contributed by atoms with Crippen molar-refractivity contribution in [1.82, 2.24) is 5.32 Å². The Hall–Kier alpha value is -0.180. The van der Waals surface area contributed by atoms with E-state index in [0.29, 0.717) is 17.8 Å². The van der Waals surface area contributed by atoms with Crippen molar-refractivity contribution < 1.29 is 4.79 Å². The molecule has 0 aromatic rings. The van der Waals surface area contributed by atoms with Crippen LogP contribution in [0.5, 0.6) is 0 Å². The van der Waals surface area contributed by atoms with Crippen LogP contribution in [0.2, 0.25) is 0 Å². The summed E-state index contributed by atoms with van der Waals surface area (Å²) in [5, 5.41) is 3.12. The maximum atomic E-state index is 11.8. The van der Waals surface area contributed by atoms with Crippen LogP contribution in [0.15, 0.2) is 0 Å². The minimum atomic E-state index is 0.235. The van der Waals surface area contributed by atoms with Gasteiger partial charge in [0.25, 0.3) is 0 Å². The van der Waals surface area contributed by atoms with E-state index in [0.717, 1.165) is 12.3 Å². The van der Waals surface area contributed by atoms with Crippen LogP contribution in [0.25, 0.3) is 0 Å². The molecule has 2 aliphatic carbocycles. The molecular weight excluding hydrogens is 218 g/mol. The van der Waals surface area contributed by atoms with Gasteiger partial charge in [-0.15, -0.1) is 0 Å². The van der Waals surface area contributed by atoms with E-state index in [9.17, 15) is 4.79 Å². The molecule has 0 radical (unpaired) electrons. The van der Waals surface area contributed by atoms with Gasteiger partial charge in [0, 0.05) is 13.0 Å². The molecule has 2 saturated carbocycles. The van der Waals surface area contributed by atoms with Crippen LogP contribution < -0.4 is 5.32 Å². The van der Waals surface area contributed by atoms with Gasteiger partial charge in [-0.2, -0.15) is 12.6 Å². The maximum Gasteiger partial charge on any atom is 0.220 e. The third-order valence-electron chi connectivity index (χ3n) is 4.58. The summed E-state index contributed by atoms with van der Waals surface area (Å²) >= 11 is 4.33. The van der Waals surface area contributed by atoms with E-state index < -0.39 is 0 Å². The van der Waals surface area contributed by atoms with Crippen molar-refractivity contribution >= 4 is 18.5 Å². The molecule has 0 heterocycles. The Morgan fingerprint density at radius 2 is 1.94 bits per heavy atom. The molecule has 3 heteroatoms. The van der Waals surface area contributed by atoms with Crippen LogP contribution in [-0.4, -0.2) is 18.2 Å². The fourth-order valence-electron chi connectivity index (χ4n) is 2.36. The highest BCUT2D eigenvalue weighted by Crippen LogP contribution is 2.52. The summed E-state index contributed by atoms with van der Waals surface area (Å²) in [6.07, 6.45) is 5.61. The fourth-order valence-corrected chi connectivity index (χ4v) is 2.79. The molecule has 0 aromatic carbocycles. The summed E-state index contributed by atoms with van der Waals surface area (Å²) in [4.78, 5) is 11.8. The molecule has 1 N–H and O–H groups in total. The van der Waals surface area contributed by atoms with E-state index in [1.165, 1.54) is 25.7 Å². The van der Waals surface area contributed by atoms with Gasteiger partial charge in [-0.25, -0.2) is 0 Å². The second-order valence-corrected chi connectivity index (χ2v) is 6.44. The molecule has 92 valence electrons. The molecule has 0 atom stereocenters. The standard InChI is InChI=1S/C13H23NOS/c1-10(2)13(5-6-13)8-14-11(15)7-12(9-16)3-4-12/h10,16H,3-9H2,1-2H3,(H,14,15). The first-order valence-corrected chi connectivity index (χ1v) is 7.03. The van der Waals surface area contributed by atoms with Gasteiger partial charge >= 0.3 is 0 Å². The number of amides is 1. The predicted molar refractivity (Wildman–Crippen MR) is 69.7 cm³/mol. The molecule has 0 bridgehead atoms. The molecule has 2 fully saturated rings. The van der Waals surface area contributed by atoms with Gasteiger partial charge in [0.15, 0.2) is 0 Å². The van der Waals surface area contributed by atoms with Crippen molar-refractivity contribution in [2.45, 2.75) is 46.0 Å². The van der Waals surface area contributed by atoms with Crippen LogP contribution in [0.1, 0.15) is 46.0 Å².